The second-order valence-corrected chi connectivity index (χ2v) is 22.2. The van der Waals surface area contributed by atoms with Crippen LogP contribution in [0.25, 0.3) is 32.3 Å². The minimum atomic E-state index is -0.234. The number of aryl methyl sites for hydroxylation is 6. The maximum Gasteiger partial charge on any atom is 1.00 e. The normalized spacial score (nSPS) is 28.2. The molecule has 0 saturated heterocycles. The van der Waals surface area contributed by atoms with Gasteiger partial charge in [0.15, 0.2) is 0 Å². The van der Waals surface area contributed by atoms with Crippen LogP contribution in [0.2, 0.25) is 0 Å². The summed E-state index contributed by atoms with van der Waals surface area (Å²) in [5.41, 5.74) is 11.2. The van der Waals surface area contributed by atoms with Crippen LogP contribution in [0.3, 0.4) is 0 Å². The average Bonchev–Trinajstić information content (AvgIpc) is 3.94. The first-order valence-corrected chi connectivity index (χ1v) is 24.7. The molecule has 3 saturated carbocycles. The first kappa shape index (κ1) is 56.7. The fraction of sp³-hybridized carbons (Fsp3) is 0.458. The van der Waals surface area contributed by atoms with Gasteiger partial charge in [-0.1, -0.05) is 92.1 Å². The molecule has 0 radical (unpaired) electrons. The third-order valence-electron chi connectivity index (χ3n) is 17.6. The molecule has 0 heterocycles. The average molecular weight is 1020 g/mol. The van der Waals surface area contributed by atoms with Crippen LogP contribution in [0, 0.1) is 54.5 Å². The van der Waals surface area contributed by atoms with Gasteiger partial charge in [-0.3, -0.25) is 9.59 Å². The summed E-state index contributed by atoms with van der Waals surface area (Å²) in [4.78, 5) is 22.0. The summed E-state index contributed by atoms with van der Waals surface area (Å²) < 4.78 is 48.9. The van der Waals surface area contributed by atoms with Crippen molar-refractivity contribution in [1.82, 2.24) is 0 Å². The van der Waals surface area contributed by atoms with Crippen LogP contribution in [0.5, 0.6) is 0 Å². The Hall–Kier alpha value is -2.02. The Labute approximate surface area is 502 Å². The van der Waals surface area contributed by atoms with E-state index in [1.165, 1.54) is 27.8 Å². The Morgan fingerprint density at radius 2 is 0.859 bits per heavy atom. The predicted octanol–water partition coefficient (Wildman–Crippen LogP) is 6.17. The largest absolute Gasteiger partial charge is 1.00 e. The van der Waals surface area contributed by atoms with Crippen LogP contribution >= 0.6 is 0 Å². The number of ether oxygens (including phenoxy) is 1. The zero-order valence-corrected chi connectivity index (χ0v) is 48.8. The molecule has 0 amide bonds. The Kier molecular flexibility index (Phi) is 18.1. The molecule has 0 aliphatic heterocycles. The van der Waals surface area contributed by atoms with E-state index in [1.807, 2.05) is 43.3 Å². The number of rotatable bonds is 3. The van der Waals surface area contributed by atoms with Crippen molar-refractivity contribution < 1.29 is 152 Å². The monoisotopic (exact) mass is 1020 g/mol. The summed E-state index contributed by atoms with van der Waals surface area (Å²) in [7, 11) is 0. The number of hydrogen-bond acceptors (Lipinski definition) is 7. The zero-order chi connectivity index (χ0) is 49.2. The maximum atomic E-state index is 14.6. The van der Waals surface area contributed by atoms with Gasteiger partial charge in [-0.15, -0.1) is 0 Å². The molecule has 0 aromatic heterocycles. The molecule has 12 heteroatoms. The summed E-state index contributed by atoms with van der Waals surface area (Å²) in [6.45, 7) is 13.3. The van der Waals surface area contributed by atoms with Crippen LogP contribution < -0.4 is 108 Å². The molecule has 12 rings (SSSR count). The molecule has 0 bridgehead atoms. The van der Waals surface area contributed by atoms with Crippen molar-refractivity contribution in [1.29, 1.82) is 0 Å². The number of carbonyl (C=O) groups is 2. The van der Waals surface area contributed by atoms with E-state index in [1.54, 1.807) is 18.2 Å². The molecule has 0 spiro atoms. The van der Waals surface area contributed by atoms with Gasteiger partial charge in [0.05, 0.1) is 12.2 Å². The van der Waals surface area contributed by atoms with E-state index in [4.69, 9.17) is 14.8 Å². The van der Waals surface area contributed by atoms with Gasteiger partial charge < -0.3 is 26.5 Å². The van der Waals surface area contributed by atoms with Gasteiger partial charge in [-0.05, 0) is 200 Å². The molecular formula is C59H65F3K2O7. The van der Waals surface area contributed by atoms with Gasteiger partial charge in [0.2, 0.25) is 0 Å². The Morgan fingerprint density at radius 3 is 1.18 bits per heavy atom. The van der Waals surface area contributed by atoms with Crippen molar-refractivity contribution in [2.24, 2.45) is 16.2 Å². The number of aliphatic hydroxyl groups is 2. The first-order chi connectivity index (χ1) is 32.9. The molecule has 3 fully saturated rings. The summed E-state index contributed by atoms with van der Waals surface area (Å²) in [5, 5.41) is 34.0. The van der Waals surface area contributed by atoms with Crippen LogP contribution in [0.1, 0.15) is 148 Å². The third kappa shape index (κ3) is 11.0. The van der Waals surface area contributed by atoms with Crippen molar-refractivity contribution in [3.05, 3.63) is 140 Å². The molecule has 6 aliphatic rings. The van der Waals surface area contributed by atoms with Gasteiger partial charge in [-0.25, -0.2) is 13.2 Å². The molecule has 6 aliphatic carbocycles. The summed E-state index contributed by atoms with van der Waals surface area (Å²) in [6.07, 6.45) is 10.7. The summed E-state index contributed by atoms with van der Waals surface area (Å²) >= 11 is 0. The Balaban J connectivity index is 0.000000167. The molecule has 71 heavy (non-hydrogen) atoms. The van der Waals surface area contributed by atoms with Gasteiger partial charge in [0, 0.05) is 16.2 Å². The number of fused-ring (bicyclic) bond motifs is 15. The number of aliphatic hydroxyl groups excluding tert-OH is 2. The van der Waals surface area contributed by atoms with E-state index < -0.39 is 0 Å². The smallest absolute Gasteiger partial charge is 1.00 e. The fourth-order valence-corrected chi connectivity index (χ4v) is 14.2. The molecule has 6 aromatic rings. The van der Waals surface area contributed by atoms with Gasteiger partial charge in [-0.2, -0.15) is 0 Å². The third-order valence-corrected chi connectivity index (χ3v) is 17.6. The predicted molar refractivity (Wildman–Crippen MR) is 262 cm³/mol. The van der Waals surface area contributed by atoms with Crippen molar-refractivity contribution in [2.75, 3.05) is 0 Å². The minimum Gasteiger partial charge on any atom is -1.00 e. The fourth-order valence-electron chi connectivity index (χ4n) is 14.2. The van der Waals surface area contributed by atoms with Crippen LogP contribution in [0.4, 0.5) is 13.2 Å². The van der Waals surface area contributed by atoms with Gasteiger partial charge in [0.25, 0.3) is 12.9 Å². The van der Waals surface area contributed by atoms with Crippen molar-refractivity contribution >= 4 is 45.3 Å². The van der Waals surface area contributed by atoms with Crippen molar-refractivity contribution in [2.45, 2.75) is 155 Å². The van der Waals surface area contributed by atoms with Crippen LogP contribution in [-0.4, -0.2) is 41.5 Å². The van der Waals surface area contributed by atoms with E-state index >= 15 is 0 Å². The van der Waals surface area contributed by atoms with Crippen LogP contribution in [0.15, 0.2) is 72.8 Å². The Morgan fingerprint density at radius 1 is 0.535 bits per heavy atom. The van der Waals surface area contributed by atoms with E-state index in [2.05, 4.69) is 57.7 Å². The molecular weight excluding hydrogens is 956 g/mol. The van der Waals surface area contributed by atoms with Crippen molar-refractivity contribution in [3.63, 3.8) is 0 Å². The Bertz CT molecular complexity index is 2860. The quantitative estimate of drug-likeness (QED) is 0.0944. The topological polar surface area (TPSA) is 116 Å². The second-order valence-electron chi connectivity index (χ2n) is 22.2. The van der Waals surface area contributed by atoms with Crippen molar-refractivity contribution in [3.8, 4) is 0 Å². The first-order valence-electron chi connectivity index (χ1n) is 24.7. The zero-order valence-electron chi connectivity index (χ0n) is 43.6. The van der Waals surface area contributed by atoms with Crippen LogP contribution in [-0.2, 0) is 38.5 Å². The van der Waals surface area contributed by atoms with E-state index in [9.17, 15) is 28.2 Å². The molecule has 6 aromatic carbocycles. The van der Waals surface area contributed by atoms with Gasteiger partial charge >= 0.3 is 103 Å². The number of carbonyl (C=O) groups excluding carboxylic acids is 2. The molecule has 7 nitrogen and oxygen atoms in total. The molecule has 2 N–H and O–H groups in total. The summed E-state index contributed by atoms with van der Waals surface area (Å²) in [5.74, 6) is 0.508. The van der Waals surface area contributed by atoms with E-state index in [-0.39, 0.29) is 169 Å². The SMILES string of the molecule is Cc1ccc2c(F)cc3c(c2c1)CC[C@]1(C)C[C@@H](O)C[C@@H]31.Cc1ccc2c(F)cc3c(c2c1)CC[C@]1(C)C[C@@H](OC=O)C[C@@H]31.Cc1ccc2c(F)cc3c(c2c1)CC[C@]1(C)C[C@H](O)C[C@@H]31.O=CO[O-].[H-].[K+].[K+]. The minimum absolute atomic E-state index is 0. The molecule has 0 unspecified atom stereocenters. The number of benzene rings is 6. The number of hydrogen-bond donors (Lipinski definition) is 2. The molecule has 366 valence electrons. The second kappa shape index (κ2) is 22.7. The van der Waals surface area contributed by atoms with Gasteiger partial charge in [0.1, 0.15) is 23.6 Å². The maximum absolute atomic E-state index is 14.6. The molecule has 9 atom stereocenters. The standard InChI is InChI=1S/C20H21FO2.2C19H21FO.CH2O3.2K.H/c1-12-3-4-15-16(7-12)14-5-6-20(2)10-13(23-11-22)8-18(20)17(14)9-19(15)21;2*1-11-3-4-14-15(7-11)13-5-6-19(2)10-12(21)8-17(19)16(13)9-18(14)20;2-1-4-3;;;/h3-4,7,9,11,13,18H,5-6,8,10H2,1-2H3;2*3-4,7,9,12,17,21H,5-6,8,10H2,1-2H3;1,3H;;;/q;;;;2*+1;-1/p-1/t13-,18-,20+;12-,17+,19-;12-,17-,19+;;;;/m010..../s1. The van der Waals surface area contributed by atoms with E-state index in [0.29, 0.717) is 18.3 Å². The van der Waals surface area contributed by atoms with E-state index in [0.717, 1.165) is 132 Å². The summed E-state index contributed by atoms with van der Waals surface area (Å²) in [6, 6.07) is 23.2. The number of halogens is 3.